The first kappa shape index (κ1) is 12.5. The topological polar surface area (TPSA) is 51.2 Å². The number of hydrogen-bond donors (Lipinski definition) is 1. The molecule has 0 aliphatic heterocycles. The molecule has 0 aromatic carbocycles. The van der Waals surface area contributed by atoms with Crippen LogP contribution in [0, 0.1) is 0 Å². The van der Waals surface area contributed by atoms with Crippen molar-refractivity contribution in [2.24, 2.45) is 0 Å². The molecule has 1 aromatic heterocycles. The van der Waals surface area contributed by atoms with Gasteiger partial charge in [0, 0.05) is 18.9 Å². The van der Waals surface area contributed by atoms with Crippen LogP contribution in [0.5, 0.6) is 0 Å². The number of aromatic nitrogens is 1. The standard InChI is InChI=1S/C12H18N2O2/c1-2-16-12(15)14-9-4-3-6-11-7-5-8-13-10-11/h5,7-8,10H,2-4,6,9H2,1H3,(H,14,15). The van der Waals surface area contributed by atoms with Gasteiger partial charge in [-0.05, 0) is 37.8 Å². The molecular formula is C12H18N2O2. The van der Waals surface area contributed by atoms with E-state index in [2.05, 4.69) is 16.4 Å². The van der Waals surface area contributed by atoms with Gasteiger partial charge < -0.3 is 10.1 Å². The molecule has 1 aromatic rings. The first-order chi connectivity index (χ1) is 7.83. The van der Waals surface area contributed by atoms with Crippen LogP contribution in [0.3, 0.4) is 0 Å². The van der Waals surface area contributed by atoms with Gasteiger partial charge in [-0.25, -0.2) is 4.79 Å². The molecule has 0 aliphatic carbocycles. The summed E-state index contributed by atoms with van der Waals surface area (Å²) in [7, 11) is 0. The average molecular weight is 222 g/mol. The summed E-state index contributed by atoms with van der Waals surface area (Å²) in [6.45, 7) is 2.88. The third-order valence-electron chi connectivity index (χ3n) is 2.16. The lowest BCUT2D eigenvalue weighted by Crippen LogP contribution is -2.25. The van der Waals surface area contributed by atoms with Crippen LogP contribution in [0.4, 0.5) is 4.79 Å². The smallest absolute Gasteiger partial charge is 0.407 e. The van der Waals surface area contributed by atoms with E-state index in [1.54, 1.807) is 13.1 Å². The van der Waals surface area contributed by atoms with Crippen LogP contribution in [-0.4, -0.2) is 24.2 Å². The predicted octanol–water partition coefficient (Wildman–Crippen LogP) is 2.15. The van der Waals surface area contributed by atoms with E-state index in [0.29, 0.717) is 13.2 Å². The molecule has 1 heterocycles. The Bertz CT molecular complexity index is 301. The number of unbranched alkanes of at least 4 members (excludes halogenated alkanes) is 1. The summed E-state index contributed by atoms with van der Waals surface area (Å²) in [5.41, 5.74) is 1.23. The molecule has 0 aliphatic rings. The second kappa shape index (κ2) is 7.68. The number of pyridine rings is 1. The Kier molecular flexibility index (Phi) is 5.99. The van der Waals surface area contributed by atoms with Crippen LogP contribution in [0.25, 0.3) is 0 Å². The normalized spacial score (nSPS) is 9.81. The van der Waals surface area contributed by atoms with Crippen molar-refractivity contribution in [1.82, 2.24) is 10.3 Å². The number of nitrogens with one attached hydrogen (secondary N) is 1. The highest BCUT2D eigenvalue weighted by Crippen LogP contribution is 2.01. The number of nitrogens with zero attached hydrogens (tertiary/aromatic N) is 1. The highest BCUT2D eigenvalue weighted by atomic mass is 16.5. The zero-order valence-electron chi connectivity index (χ0n) is 9.61. The van der Waals surface area contributed by atoms with Gasteiger partial charge in [-0.3, -0.25) is 4.98 Å². The molecule has 0 radical (unpaired) electrons. The molecule has 16 heavy (non-hydrogen) atoms. The van der Waals surface area contributed by atoms with Gasteiger partial charge in [0.05, 0.1) is 6.61 Å². The van der Waals surface area contributed by atoms with E-state index in [9.17, 15) is 4.79 Å². The molecule has 0 atom stereocenters. The van der Waals surface area contributed by atoms with Crippen LogP contribution < -0.4 is 5.32 Å². The molecule has 0 spiro atoms. The van der Waals surface area contributed by atoms with Gasteiger partial charge >= 0.3 is 6.09 Å². The van der Waals surface area contributed by atoms with Crippen molar-refractivity contribution in [3.05, 3.63) is 30.1 Å². The maximum atomic E-state index is 10.9. The summed E-state index contributed by atoms with van der Waals surface area (Å²) in [5, 5.41) is 2.69. The number of carbonyl (C=O) groups is 1. The average Bonchev–Trinajstić information content (AvgIpc) is 2.30. The van der Waals surface area contributed by atoms with E-state index in [1.165, 1.54) is 5.56 Å². The first-order valence-corrected chi connectivity index (χ1v) is 5.62. The van der Waals surface area contributed by atoms with Gasteiger partial charge in [0.1, 0.15) is 0 Å². The summed E-state index contributed by atoms with van der Waals surface area (Å²) in [6, 6.07) is 4.00. The Hall–Kier alpha value is -1.58. The van der Waals surface area contributed by atoms with Crippen LogP contribution in [0.2, 0.25) is 0 Å². The van der Waals surface area contributed by atoms with Crippen LogP contribution >= 0.6 is 0 Å². The molecule has 0 saturated heterocycles. The Balaban J connectivity index is 2.02. The van der Waals surface area contributed by atoms with Crippen LogP contribution in [-0.2, 0) is 11.2 Å². The van der Waals surface area contributed by atoms with Gasteiger partial charge in [-0.15, -0.1) is 0 Å². The van der Waals surface area contributed by atoms with Crippen molar-refractivity contribution < 1.29 is 9.53 Å². The minimum atomic E-state index is -0.330. The van der Waals surface area contributed by atoms with Crippen molar-refractivity contribution in [1.29, 1.82) is 0 Å². The molecule has 0 bridgehead atoms. The van der Waals surface area contributed by atoms with Crippen molar-refractivity contribution in [3.8, 4) is 0 Å². The summed E-state index contributed by atoms with van der Waals surface area (Å²) < 4.78 is 4.75. The SMILES string of the molecule is CCOC(=O)NCCCCc1cccnc1. The fourth-order valence-corrected chi connectivity index (χ4v) is 1.37. The molecule has 0 fully saturated rings. The van der Waals surface area contributed by atoms with Gasteiger partial charge in [0.15, 0.2) is 0 Å². The Morgan fingerprint density at radius 2 is 2.38 bits per heavy atom. The van der Waals surface area contributed by atoms with Crippen molar-refractivity contribution in [2.75, 3.05) is 13.2 Å². The Morgan fingerprint density at radius 1 is 1.50 bits per heavy atom. The maximum Gasteiger partial charge on any atom is 0.407 e. The van der Waals surface area contributed by atoms with E-state index in [1.807, 2.05) is 12.3 Å². The van der Waals surface area contributed by atoms with Crippen LogP contribution in [0.15, 0.2) is 24.5 Å². The minimum Gasteiger partial charge on any atom is -0.450 e. The highest BCUT2D eigenvalue weighted by molar-refractivity contribution is 5.66. The molecule has 4 nitrogen and oxygen atoms in total. The number of hydrogen-bond acceptors (Lipinski definition) is 3. The Labute approximate surface area is 96.0 Å². The lowest BCUT2D eigenvalue weighted by Gasteiger charge is -2.04. The van der Waals surface area contributed by atoms with E-state index >= 15 is 0 Å². The number of carbonyl (C=O) groups excluding carboxylic acids is 1. The second-order valence-electron chi connectivity index (χ2n) is 3.47. The highest BCUT2D eigenvalue weighted by Gasteiger charge is 1.98. The number of ether oxygens (including phenoxy) is 1. The molecule has 1 amide bonds. The van der Waals surface area contributed by atoms with Gasteiger partial charge in [-0.2, -0.15) is 0 Å². The van der Waals surface area contributed by atoms with Crippen molar-refractivity contribution in [3.63, 3.8) is 0 Å². The third kappa shape index (κ3) is 5.34. The molecule has 4 heteroatoms. The molecule has 1 N–H and O–H groups in total. The van der Waals surface area contributed by atoms with E-state index < -0.39 is 0 Å². The number of aryl methyl sites for hydroxylation is 1. The zero-order chi connectivity index (χ0) is 11.6. The maximum absolute atomic E-state index is 10.9. The second-order valence-corrected chi connectivity index (χ2v) is 3.47. The van der Waals surface area contributed by atoms with E-state index in [0.717, 1.165) is 19.3 Å². The minimum absolute atomic E-state index is 0.330. The number of amides is 1. The number of rotatable bonds is 6. The monoisotopic (exact) mass is 222 g/mol. The lowest BCUT2D eigenvalue weighted by atomic mass is 10.1. The summed E-state index contributed by atoms with van der Waals surface area (Å²) in [4.78, 5) is 15.0. The van der Waals surface area contributed by atoms with Gasteiger partial charge in [0.25, 0.3) is 0 Å². The van der Waals surface area contributed by atoms with Gasteiger partial charge in [-0.1, -0.05) is 6.07 Å². The molecule has 88 valence electrons. The van der Waals surface area contributed by atoms with Gasteiger partial charge in [0.2, 0.25) is 0 Å². The molecule has 0 saturated carbocycles. The number of alkyl carbamates (subject to hydrolysis) is 1. The molecular weight excluding hydrogens is 204 g/mol. The summed E-state index contributed by atoms with van der Waals surface area (Å²) >= 11 is 0. The van der Waals surface area contributed by atoms with Crippen molar-refractivity contribution in [2.45, 2.75) is 26.2 Å². The quantitative estimate of drug-likeness (QED) is 0.750. The lowest BCUT2D eigenvalue weighted by molar-refractivity contribution is 0.152. The fraction of sp³-hybridized carbons (Fsp3) is 0.500. The van der Waals surface area contributed by atoms with Crippen molar-refractivity contribution >= 4 is 6.09 Å². The first-order valence-electron chi connectivity index (χ1n) is 5.62. The molecule has 0 unspecified atom stereocenters. The van der Waals surface area contributed by atoms with E-state index in [-0.39, 0.29) is 6.09 Å². The fourth-order valence-electron chi connectivity index (χ4n) is 1.37. The summed E-state index contributed by atoms with van der Waals surface area (Å²) in [5.74, 6) is 0. The molecule has 1 rings (SSSR count). The Morgan fingerprint density at radius 3 is 3.06 bits per heavy atom. The third-order valence-corrected chi connectivity index (χ3v) is 2.16. The van der Waals surface area contributed by atoms with Crippen LogP contribution in [0.1, 0.15) is 25.3 Å². The van der Waals surface area contributed by atoms with E-state index in [4.69, 9.17) is 4.74 Å². The zero-order valence-corrected chi connectivity index (χ0v) is 9.61. The largest absolute Gasteiger partial charge is 0.450 e. The summed E-state index contributed by atoms with van der Waals surface area (Å²) in [6.07, 6.45) is 6.30. The predicted molar refractivity (Wildman–Crippen MR) is 62.2 cm³/mol.